The number of rotatable bonds is 10. The van der Waals surface area contributed by atoms with Crippen LogP contribution in [0.5, 0.6) is 0 Å². The lowest BCUT2D eigenvalue weighted by Gasteiger charge is -2.23. The second-order valence-corrected chi connectivity index (χ2v) is 6.93. The van der Waals surface area contributed by atoms with Crippen molar-refractivity contribution in [3.8, 4) is 0 Å². The highest BCUT2D eigenvalue weighted by Gasteiger charge is 2.46. The molecule has 0 spiro atoms. The first-order chi connectivity index (χ1) is 9.03. The summed E-state index contributed by atoms with van der Waals surface area (Å²) in [7, 11) is -2.83. The van der Waals surface area contributed by atoms with Crippen molar-refractivity contribution in [2.45, 2.75) is 66.8 Å². The second-order valence-electron chi connectivity index (χ2n) is 4.41. The fraction of sp³-hybridized carbons (Fsp3) is 0.846. The van der Waals surface area contributed by atoms with Crippen molar-refractivity contribution in [2.24, 2.45) is 10.3 Å². The van der Waals surface area contributed by atoms with E-state index in [-0.39, 0.29) is 0 Å². The van der Waals surface area contributed by atoms with Gasteiger partial charge in [-0.2, -0.15) is 0 Å². The molecule has 0 aliphatic carbocycles. The molecule has 0 aliphatic rings. The molecule has 19 heavy (non-hydrogen) atoms. The molecule has 0 aliphatic heterocycles. The molecule has 0 bridgehead atoms. The molecule has 0 aromatic carbocycles. The summed E-state index contributed by atoms with van der Waals surface area (Å²) in [5.74, 6) is 0. The van der Waals surface area contributed by atoms with Gasteiger partial charge in [0.1, 0.15) is 0 Å². The Bertz CT molecular complexity index is 276. The molecule has 0 unspecified atom stereocenters. The maximum absolute atomic E-state index is 5.74. The summed E-state index contributed by atoms with van der Waals surface area (Å²) in [4.78, 5) is 0. The van der Waals surface area contributed by atoms with Crippen LogP contribution in [0.2, 0.25) is 6.04 Å². The first kappa shape index (κ1) is 18.1. The third-order valence-electron chi connectivity index (χ3n) is 2.62. The summed E-state index contributed by atoms with van der Waals surface area (Å²) in [6, 6.07) is 0.710. The Morgan fingerprint density at radius 1 is 0.895 bits per heavy atom. The summed E-state index contributed by atoms with van der Waals surface area (Å²) in [5.41, 5.74) is 1.85. The molecule has 0 amide bonds. The Kier molecular flexibility index (Phi) is 9.51. The molecule has 0 rings (SSSR count). The lowest BCUT2D eigenvalue weighted by molar-refractivity contribution is 0.0672. The predicted molar refractivity (Wildman–Crippen MR) is 81.4 cm³/mol. The minimum atomic E-state index is -2.83. The highest BCUT2D eigenvalue weighted by atomic mass is 28.4. The van der Waals surface area contributed by atoms with E-state index in [4.69, 9.17) is 13.5 Å². The normalized spacial score (nSPS) is 16.1. The van der Waals surface area contributed by atoms with Gasteiger partial charge in [0, 0.05) is 12.7 Å². The van der Waals surface area contributed by atoms with Gasteiger partial charge in [-0.1, -0.05) is 20.8 Å². The topological polar surface area (TPSA) is 52.4 Å². The summed E-state index contributed by atoms with van der Waals surface area (Å²) in [6.07, 6.45) is 2.60. The molecule has 0 saturated carbocycles. The molecule has 0 radical (unpaired) electrons. The molecule has 0 atom stereocenters. The molecule has 0 fully saturated rings. The van der Waals surface area contributed by atoms with Crippen molar-refractivity contribution in [1.29, 1.82) is 0 Å². The van der Waals surface area contributed by atoms with Gasteiger partial charge in [0.25, 0.3) is 0 Å². The van der Waals surface area contributed by atoms with Gasteiger partial charge in [0.05, 0.1) is 11.4 Å². The SMILES string of the molecule is CCC[Si](OCC)(ON=C(C)CC)ON=C(C)CC. The molecule has 0 saturated heterocycles. The summed E-state index contributed by atoms with van der Waals surface area (Å²) in [6.45, 7) is 12.5. The average molecular weight is 288 g/mol. The van der Waals surface area contributed by atoms with Crippen LogP contribution in [-0.2, 0) is 13.5 Å². The fourth-order valence-electron chi connectivity index (χ4n) is 1.18. The van der Waals surface area contributed by atoms with Crippen LogP contribution in [-0.4, -0.2) is 26.8 Å². The van der Waals surface area contributed by atoms with Crippen LogP contribution < -0.4 is 0 Å². The molecule has 0 aromatic rings. The molecule has 5 nitrogen and oxygen atoms in total. The molecular weight excluding hydrogens is 260 g/mol. The van der Waals surface area contributed by atoms with Gasteiger partial charge >= 0.3 is 8.80 Å². The Hall–Kier alpha value is -0.883. The standard InChI is InChI=1S/C13H28N2O3Si/c1-7-11-19(16-10-4,17-14-12(5)8-2)18-15-13(6)9-3/h7-11H2,1-6H3. The lowest BCUT2D eigenvalue weighted by atomic mass is 10.3. The Labute approximate surface area is 118 Å². The molecular formula is C13H28N2O3Si. The summed E-state index contributed by atoms with van der Waals surface area (Å²) in [5, 5.41) is 8.23. The van der Waals surface area contributed by atoms with Gasteiger partial charge < -0.3 is 13.5 Å². The van der Waals surface area contributed by atoms with Crippen molar-refractivity contribution in [2.75, 3.05) is 6.61 Å². The van der Waals surface area contributed by atoms with Crippen molar-refractivity contribution in [1.82, 2.24) is 0 Å². The van der Waals surface area contributed by atoms with E-state index in [9.17, 15) is 0 Å². The highest BCUT2D eigenvalue weighted by Crippen LogP contribution is 2.19. The largest absolute Gasteiger partial charge is 0.674 e. The lowest BCUT2D eigenvalue weighted by Crippen LogP contribution is -2.43. The van der Waals surface area contributed by atoms with E-state index >= 15 is 0 Å². The van der Waals surface area contributed by atoms with E-state index in [2.05, 4.69) is 17.2 Å². The van der Waals surface area contributed by atoms with Gasteiger partial charge in [0.15, 0.2) is 0 Å². The smallest absolute Gasteiger partial charge is 0.383 e. The molecule has 0 aromatic heterocycles. The Morgan fingerprint density at radius 3 is 1.68 bits per heavy atom. The number of hydrogen-bond donors (Lipinski definition) is 0. The van der Waals surface area contributed by atoms with Crippen LogP contribution in [0.15, 0.2) is 10.3 Å². The third-order valence-corrected chi connectivity index (χ3v) is 5.20. The third kappa shape index (κ3) is 7.32. The fourth-order valence-corrected chi connectivity index (χ4v) is 3.29. The van der Waals surface area contributed by atoms with Crippen molar-refractivity contribution < 1.29 is 13.5 Å². The second kappa shape index (κ2) is 9.97. The first-order valence-electron chi connectivity index (χ1n) is 7.10. The minimum absolute atomic E-state index is 0.535. The maximum atomic E-state index is 5.74. The van der Waals surface area contributed by atoms with Crippen LogP contribution in [0.1, 0.15) is 60.8 Å². The van der Waals surface area contributed by atoms with E-state index in [0.29, 0.717) is 12.7 Å². The molecule has 0 N–H and O–H groups in total. The van der Waals surface area contributed by atoms with Gasteiger partial charge in [-0.15, -0.1) is 10.3 Å². The van der Waals surface area contributed by atoms with Crippen LogP contribution in [0.25, 0.3) is 0 Å². The van der Waals surface area contributed by atoms with E-state index in [1.165, 1.54) is 0 Å². The molecule has 0 heterocycles. The molecule has 6 heteroatoms. The zero-order valence-electron chi connectivity index (χ0n) is 13.2. The van der Waals surface area contributed by atoms with Crippen LogP contribution in [0.3, 0.4) is 0 Å². The predicted octanol–water partition coefficient (Wildman–Crippen LogP) is 3.98. The van der Waals surface area contributed by atoms with Crippen molar-refractivity contribution in [3.05, 3.63) is 0 Å². The Balaban J connectivity index is 4.94. The van der Waals surface area contributed by atoms with Crippen LogP contribution in [0.4, 0.5) is 0 Å². The van der Waals surface area contributed by atoms with Gasteiger partial charge in [-0.05, 0) is 40.0 Å². The number of nitrogens with zero attached hydrogens (tertiary/aromatic N) is 2. The van der Waals surface area contributed by atoms with Gasteiger partial charge in [-0.25, -0.2) is 0 Å². The highest BCUT2D eigenvalue weighted by molar-refractivity contribution is 6.60. The zero-order chi connectivity index (χ0) is 14.7. The first-order valence-corrected chi connectivity index (χ1v) is 9.03. The summed E-state index contributed by atoms with van der Waals surface area (Å²) < 4.78 is 17.0. The Morgan fingerprint density at radius 2 is 1.37 bits per heavy atom. The monoisotopic (exact) mass is 288 g/mol. The van der Waals surface area contributed by atoms with Crippen LogP contribution in [0, 0.1) is 0 Å². The quantitative estimate of drug-likeness (QED) is 0.347. The summed E-state index contributed by atoms with van der Waals surface area (Å²) >= 11 is 0. The molecule has 112 valence electrons. The van der Waals surface area contributed by atoms with Crippen molar-refractivity contribution >= 4 is 20.2 Å². The average Bonchev–Trinajstić information content (AvgIpc) is 2.42. The minimum Gasteiger partial charge on any atom is -0.383 e. The number of oxime groups is 2. The van der Waals surface area contributed by atoms with Gasteiger partial charge in [0.2, 0.25) is 0 Å². The van der Waals surface area contributed by atoms with Crippen molar-refractivity contribution in [3.63, 3.8) is 0 Å². The van der Waals surface area contributed by atoms with E-state index in [0.717, 1.165) is 30.7 Å². The van der Waals surface area contributed by atoms with E-state index in [1.807, 2.05) is 34.6 Å². The van der Waals surface area contributed by atoms with Gasteiger partial charge in [-0.3, -0.25) is 0 Å². The van der Waals surface area contributed by atoms with E-state index in [1.54, 1.807) is 0 Å². The number of hydrogen-bond acceptors (Lipinski definition) is 5. The van der Waals surface area contributed by atoms with E-state index < -0.39 is 8.80 Å². The van der Waals surface area contributed by atoms with Crippen LogP contribution >= 0.6 is 0 Å². The zero-order valence-corrected chi connectivity index (χ0v) is 14.2. The maximum Gasteiger partial charge on any atom is 0.674 e.